The van der Waals surface area contributed by atoms with Gasteiger partial charge in [0.15, 0.2) is 0 Å². The molecule has 0 N–H and O–H groups in total. The lowest BCUT2D eigenvalue weighted by molar-refractivity contribution is 1.28. The van der Waals surface area contributed by atoms with Crippen molar-refractivity contribution >= 4 is 68.2 Å². The first kappa shape index (κ1) is 57.4. The number of rotatable bonds is 17. The summed E-state index contributed by atoms with van der Waals surface area (Å²) in [5.74, 6) is 0. The maximum absolute atomic E-state index is 2.32. The molecule has 0 bridgehead atoms. The number of para-hydroxylation sites is 4. The highest BCUT2D eigenvalue weighted by molar-refractivity contribution is 5.85. The fourth-order valence-electron chi connectivity index (χ4n) is 11.8. The SMILES string of the molecule is CC.c1ccc(-c2ccc(N(c3ccccc3)c3ccc(-c4ccc(N(c5ccccc5)c5ccc(-c6ccc(N(c7ccccc7)c7ccc(-c8ccc(N(c9ccccc9)c9ccc(-c%10ccccc%10)cc9)cc8)cc7)cc6)cc5)cc4)cc3)cc2)cc1. The molecule has 90 heavy (non-hydrogen) atoms. The van der Waals surface area contributed by atoms with Crippen molar-refractivity contribution in [3.8, 4) is 55.6 Å². The third-order valence-electron chi connectivity index (χ3n) is 16.3. The van der Waals surface area contributed by atoms with Crippen LogP contribution >= 0.6 is 0 Å². The van der Waals surface area contributed by atoms with Crippen molar-refractivity contribution in [2.75, 3.05) is 19.6 Å². The van der Waals surface area contributed by atoms with Gasteiger partial charge in [-0.05, 0) is 201 Å². The third-order valence-corrected chi connectivity index (χ3v) is 16.3. The average molecular weight is 1160 g/mol. The van der Waals surface area contributed by atoms with Gasteiger partial charge in [-0.2, -0.15) is 0 Å². The maximum atomic E-state index is 2.32. The quantitative estimate of drug-likeness (QED) is 0.0901. The van der Waals surface area contributed by atoms with Crippen LogP contribution in [0.3, 0.4) is 0 Å². The zero-order valence-electron chi connectivity index (χ0n) is 50.6. The third kappa shape index (κ3) is 12.7. The number of nitrogens with zero attached hydrogens (tertiary/aromatic N) is 4. The number of anilines is 12. The van der Waals surface area contributed by atoms with Gasteiger partial charge >= 0.3 is 0 Å². The van der Waals surface area contributed by atoms with E-state index in [2.05, 4.69) is 396 Å². The highest BCUT2D eigenvalue weighted by Gasteiger charge is 2.19. The van der Waals surface area contributed by atoms with Crippen LogP contribution in [-0.2, 0) is 0 Å². The summed E-state index contributed by atoms with van der Waals surface area (Å²) in [5, 5.41) is 0. The molecule has 0 atom stereocenters. The molecule has 0 radical (unpaired) electrons. The van der Waals surface area contributed by atoms with Crippen molar-refractivity contribution in [1.29, 1.82) is 0 Å². The average Bonchev–Trinajstić information content (AvgIpc) is 1.53. The molecule has 14 aromatic rings. The van der Waals surface area contributed by atoms with E-state index in [0.717, 1.165) is 102 Å². The van der Waals surface area contributed by atoms with Crippen LogP contribution in [0, 0.1) is 0 Å². The molecule has 432 valence electrons. The first-order chi connectivity index (χ1) is 44.6. The second-order valence-corrected chi connectivity index (χ2v) is 21.8. The van der Waals surface area contributed by atoms with Gasteiger partial charge < -0.3 is 19.6 Å². The van der Waals surface area contributed by atoms with Crippen molar-refractivity contribution in [2.24, 2.45) is 0 Å². The Kier molecular flexibility index (Phi) is 17.4. The van der Waals surface area contributed by atoms with Crippen molar-refractivity contribution in [1.82, 2.24) is 0 Å². The predicted molar refractivity (Wildman–Crippen MR) is 384 cm³/mol. The molecule has 0 heterocycles. The Hall–Kier alpha value is -11.7. The summed E-state index contributed by atoms with van der Waals surface area (Å²) >= 11 is 0. The highest BCUT2D eigenvalue weighted by Crippen LogP contribution is 2.42. The summed E-state index contributed by atoms with van der Waals surface area (Å²) in [7, 11) is 0. The van der Waals surface area contributed by atoms with Gasteiger partial charge in [0.2, 0.25) is 0 Å². The van der Waals surface area contributed by atoms with E-state index in [1.54, 1.807) is 0 Å². The van der Waals surface area contributed by atoms with E-state index < -0.39 is 0 Å². The van der Waals surface area contributed by atoms with E-state index in [4.69, 9.17) is 0 Å². The largest absolute Gasteiger partial charge is 0.311 e. The maximum Gasteiger partial charge on any atom is 0.0462 e. The minimum atomic E-state index is 1.08. The summed E-state index contributed by atoms with van der Waals surface area (Å²) in [6.07, 6.45) is 0. The van der Waals surface area contributed by atoms with Gasteiger partial charge in [0.1, 0.15) is 0 Å². The van der Waals surface area contributed by atoms with E-state index in [9.17, 15) is 0 Å². The van der Waals surface area contributed by atoms with Crippen LogP contribution in [0.25, 0.3) is 55.6 Å². The van der Waals surface area contributed by atoms with Crippen LogP contribution in [0.1, 0.15) is 13.8 Å². The molecule has 4 nitrogen and oxygen atoms in total. The molecule has 0 unspecified atom stereocenters. The number of hydrogen-bond donors (Lipinski definition) is 0. The van der Waals surface area contributed by atoms with Gasteiger partial charge in [-0.15, -0.1) is 0 Å². The highest BCUT2D eigenvalue weighted by atomic mass is 15.2. The molecular formula is C86H68N4. The lowest BCUT2D eigenvalue weighted by Gasteiger charge is -2.27. The zero-order chi connectivity index (χ0) is 60.9. The summed E-state index contributed by atoms with van der Waals surface area (Å²) in [6, 6.07) is 135. The Morgan fingerprint density at radius 3 is 0.344 bits per heavy atom. The normalized spacial score (nSPS) is 10.8. The molecule has 0 saturated carbocycles. The molecular weight excluding hydrogens is 1090 g/mol. The fraction of sp³-hybridized carbons (Fsp3) is 0.0233. The zero-order valence-corrected chi connectivity index (χ0v) is 50.6. The molecule has 0 fully saturated rings. The second-order valence-electron chi connectivity index (χ2n) is 21.8. The lowest BCUT2D eigenvalue weighted by atomic mass is 10.0. The summed E-state index contributed by atoms with van der Waals surface area (Å²) < 4.78 is 0. The molecule has 0 saturated heterocycles. The van der Waals surface area contributed by atoms with Gasteiger partial charge in [-0.1, -0.05) is 244 Å². The van der Waals surface area contributed by atoms with Crippen LogP contribution in [0.2, 0.25) is 0 Å². The molecule has 0 aromatic heterocycles. The summed E-state index contributed by atoms with van der Waals surface area (Å²) in [4.78, 5) is 9.28. The second kappa shape index (κ2) is 27.3. The van der Waals surface area contributed by atoms with Crippen LogP contribution in [0.4, 0.5) is 68.2 Å². The summed E-state index contributed by atoms with van der Waals surface area (Å²) in [5.41, 5.74) is 24.8. The first-order valence-electron chi connectivity index (χ1n) is 31.0. The van der Waals surface area contributed by atoms with Crippen LogP contribution in [-0.4, -0.2) is 0 Å². The molecule has 0 spiro atoms. The number of benzene rings is 14. The Morgan fingerprint density at radius 1 is 0.111 bits per heavy atom. The van der Waals surface area contributed by atoms with Crippen LogP contribution in [0.5, 0.6) is 0 Å². The smallest absolute Gasteiger partial charge is 0.0462 e. The van der Waals surface area contributed by atoms with E-state index in [1.807, 2.05) is 13.8 Å². The first-order valence-corrected chi connectivity index (χ1v) is 31.0. The topological polar surface area (TPSA) is 13.0 Å². The van der Waals surface area contributed by atoms with E-state index in [0.29, 0.717) is 0 Å². The van der Waals surface area contributed by atoms with Crippen molar-refractivity contribution in [3.63, 3.8) is 0 Å². The van der Waals surface area contributed by atoms with Crippen molar-refractivity contribution in [3.05, 3.63) is 376 Å². The fourth-order valence-corrected chi connectivity index (χ4v) is 11.8. The Balaban J connectivity index is 0.00000368. The lowest BCUT2D eigenvalue weighted by Crippen LogP contribution is -2.10. The molecule has 0 aliphatic rings. The van der Waals surface area contributed by atoms with E-state index in [-0.39, 0.29) is 0 Å². The van der Waals surface area contributed by atoms with Crippen LogP contribution in [0.15, 0.2) is 376 Å². The van der Waals surface area contributed by atoms with E-state index in [1.165, 1.54) is 22.3 Å². The van der Waals surface area contributed by atoms with Crippen molar-refractivity contribution in [2.45, 2.75) is 13.8 Å². The molecule has 0 amide bonds. The van der Waals surface area contributed by atoms with E-state index >= 15 is 0 Å². The van der Waals surface area contributed by atoms with Gasteiger partial charge in [0, 0.05) is 68.2 Å². The van der Waals surface area contributed by atoms with Crippen molar-refractivity contribution < 1.29 is 0 Å². The monoisotopic (exact) mass is 1160 g/mol. The molecule has 14 rings (SSSR count). The Bertz CT molecular complexity index is 4190. The van der Waals surface area contributed by atoms with Gasteiger partial charge in [-0.25, -0.2) is 0 Å². The number of hydrogen-bond acceptors (Lipinski definition) is 4. The summed E-state index contributed by atoms with van der Waals surface area (Å²) in [6.45, 7) is 4.00. The predicted octanol–water partition coefficient (Wildman–Crippen LogP) is 24.9. The molecule has 14 aromatic carbocycles. The minimum Gasteiger partial charge on any atom is -0.311 e. The van der Waals surface area contributed by atoms with Gasteiger partial charge in [-0.3, -0.25) is 0 Å². The molecule has 0 aliphatic heterocycles. The minimum absolute atomic E-state index is 1.08. The van der Waals surface area contributed by atoms with Gasteiger partial charge in [0.05, 0.1) is 0 Å². The van der Waals surface area contributed by atoms with Gasteiger partial charge in [0.25, 0.3) is 0 Å². The van der Waals surface area contributed by atoms with Crippen LogP contribution < -0.4 is 19.6 Å². The molecule has 0 aliphatic carbocycles. The Labute approximate surface area is 530 Å². The standard InChI is InChI=1S/C84H62N4.C2H6/c1-7-19-63(20-8-1)65-31-47-77(48-32-65)85(73-23-11-3-12-24-73)79-51-35-67(36-52-79)69-39-55-81(56-40-69)87(75-27-15-5-16-28-75)83-59-43-71(44-60-83)72-45-61-84(62-46-72)88(76-29-17-6-18-30-76)82-57-41-70(42-58-82)68-37-53-80(54-38-68)86(74-25-13-4-14-26-74)78-49-33-66(34-50-78)64-21-9-2-10-22-64;1-2/h1-62H;1-2H3. The Morgan fingerprint density at radius 2 is 0.211 bits per heavy atom. The molecule has 4 heteroatoms.